The lowest BCUT2D eigenvalue weighted by atomic mass is 10.1. The molecule has 0 radical (unpaired) electrons. The van der Waals surface area contributed by atoms with E-state index in [9.17, 15) is 14.4 Å². The number of primary amides is 1. The first-order valence-electron chi connectivity index (χ1n) is 5.83. The van der Waals surface area contributed by atoms with Gasteiger partial charge in [-0.15, -0.1) is 0 Å². The van der Waals surface area contributed by atoms with Gasteiger partial charge in [0.1, 0.15) is 6.04 Å². The van der Waals surface area contributed by atoms with Gasteiger partial charge < -0.3 is 10.8 Å². The molecular weight excluding hydrogens is 249 g/mol. The van der Waals surface area contributed by atoms with Crippen molar-refractivity contribution in [3.63, 3.8) is 0 Å². The molecule has 0 aromatic heterocycles. The van der Waals surface area contributed by atoms with E-state index >= 15 is 0 Å². The predicted octanol–water partition coefficient (Wildman–Crippen LogP) is 0.178. The number of rotatable bonds is 8. The van der Waals surface area contributed by atoms with Gasteiger partial charge in [0.05, 0.1) is 6.54 Å². The molecule has 6 nitrogen and oxygen atoms in total. The van der Waals surface area contributed by atoms with E-state index < -0.39 is 17.9 Å². The average Bonchev–Trinajstić information content (AvgIpc) is 2.38. The van der Waals surface area contributed by atoms with Gasteiger partial charge in [0.25, 0.3) is 0 Å². The van der Waals surface area contributed by atoms with E-state index in [0.717, 1.165) is 0 Å². The van der Waals surface area contributed by atoms with Crippen LogP contribution >= 0.6 is 0 Å². The molecule has 1 aromatic rings. The molecule has 0 heterocycles. The van der Waals surface area contributed by atoms with Gasteiger partial charge in [-0.2, -0.15) is 0 Å². The summed E-state index contributed by atoms with van der Waals surface area (Å²) >= 11 is 0. The first-order valence-corrected chi connectivity index (χ1v) is 5.83. The van der Waals surface area contributed by atoms with Gasteiger partial charge in [-0.05, 0) is 6.42 Å². The van der Waals surface area contributed by atoms with Crippen LogP contribution in [0.1, 0.15) is 23.2 Å². The first-order chi connectivity index (χ1) is 9.00. The number of nitrogens with two attached hydrogens (primary N) is 1. The van der Waals surface area contributed by atoms with E-state index in [2.05, 4.69) is 5.32 Å². The maximum Gasteiger partial charge on any atom is 0.320 e. The third-order valence-electron chi connectivity index (χ3n) is 2.58. The number of hydrogen-bond donors (Lipinski definition) is 3. The molecule has 0 aliphatic heterocycles. The fraction of sp³-hybridized carbons (Fsp3) is 0.308. The van der Waals surface area contributed by atoms with Crippen LogP contribution < -0.4 is 11.1 Å². The maximum absolute atomic E-state index is 11.8. The molecule has 19 heavy (non-hydrogen) atoms. The third kappa shape index (κ3) is 5.31. The molecule has 1 unspecified atom stereocenters. The Hall–Kier alpha value is -2.21. The van der Waals surface area contributed by atoms with E-state index in [1.165, 1.54) is 0 Å². The van der Waals surface area contributed by atoms with Crippen molar-refractivity contribution in [3.8, 4) is 0 Å². The molecule has 1 aromatic carbocycles. The second-order valence-corrected chi connectivity index (χ2v) is 4.07. The normalized spacial score (nSPS) is 11.8. The quantitative estimate of drug-likeness (QED) is 0.459. The zero-order chi connectivity index (χ0) is 14.3. The number of carbonyl (C=O) groups is 3. The van der Waals surface area contributed by atoms with Crippen LogP contribution in [0.25, 0.3) is 0 Å². The SMILES string of the molecule is NC(=O)CCC([15NH]CC(=O)c1ccccc1)C(=O)O. The highest BCUT2D eigenvalue weighted by molar-refractivity contribution is 5.97. The fourth-order valence-corrected chi connectivity index (χ4v) is 1.54. The highest BCUT2D eigenvalue weighted by Crippen LogP contribution is 2.01. The van der Waals surface area contributed by atoms with Gasteiger partial charge in [-0.1, -0.05) is 30.3 Å². The van der Waals surface area contributed by atoms with Gasteiger partial charge in [0, 0.05) is 12.0 Å². The number of ketones is 1. The third-order valence-corrected chi connectivity index (χ3v) is 2.58. The minimum atomic E-state index is -1.11. The molecule has 6 heteroatoms. The van der Waals surface area contributed by atoms with Crippen LogP contribution in [0, 0.1) is 0 Å². The highest BCUT2D eigenvalue weighted by Gasteiger charge is 2.18. The lowest BCUT2D eigenvalue weighted by Gasteiger charge is -2.12. The predicted molar refractivity (Wildman–Crippen MR) is 68.6 cm³/mol. The number of Topliss-reactive ketones (excluding diaryl/α,β-unsaturated/α-hetero) is 1. The van der Waals surface area contributed by atoms with Crippen molar-refractivity contribution in [3.05, 3.63) is 35.9 Å². The number of nitrogens with one attached hydrogen (secondary N) is 1. The molecule has 0 aliphatic rings. The van der Waals surface area contributed by atoms with Gasteiger partial charge in [0.15, 0.2) is 5.78 Å². The summed E-state index contributed by atoms with van der Waals surface area (Å²) in [5, 5.41) is 11.6. The molecule has 0 fully saturated rings. The van der Waals surface area contributed by atoms with Gasteiger partial charge in [0.2, 0.25) is 5.91 Å². The lowest BCUT2D eigenvalue weighted by Crippen LogP contribution is -2.40. The van der Waals surface area contributed by atoms with E-state index in [0.29, 0.717) is 5.56 Å². The van der Waals surface area contributed by atoms with Crippen LogP contribution in [0.2, 0.25) is 0 Å². The Morgan fingerprint density at radius 1 is 1.21 bits per heavy atom. The van der Waals surface area contributed by atoms with Crippen molar-refractivity contribution in [1.82, 2.24) is 5.32 Å². The van der Waals surface area contributed by atoms with E-state index in [1.54, 1.807) is 30.3 Å². The van der Waals surface area contributed by atoms with Crippen molar-refractivity contribution in [1.29, 1.82) is 0 Å². The fourth-order valence-electron chi connectivity index (χ4n) is 1.54. The Morgan fingerprint density at radius 3 is 2.37 bits per heavy atom. The van der Waals surface area contributed by atoms with Crippen molar-refractivity contribution in [2.75, 3.05) is 6.54 Å². The maximum atomic E-state index is 11.8. The summed E-state index contributed by atoms with van der Waals surface area (Å²) in [6.45, 7) is -0.0975. The largest absolute Gasteiger partial charge is 0.480 e. The van der Waals surface area contributed by atoms with Crippen LogP contribution in [-0.2, 0) is 9.59 Å². The second kappa shape index (κ2) is 7.27. The minimum Gasteiger partial charge on any atom is -0.480 e. The molecule has 102 valence electrons. The summed E-state index contributed by atoms with van der Waals surface area (Å²) < 4.78 is 0. The molecule has 0 saturated carbocycles. The molecule has 0 aliphatic carbocycles. The highest BCUT2D eigenvalue weighted by atomic mass is 16.4. The Morgan fingerprint density at radius 2 is 1.84 bits per heavy atom. The number of carboxylic acid groups (broad SMARTS) is 1. The van der Waals surface area contributed by atoms with Crippen LogP contribution in [0.3, 0.4) is 0 Å². The summed E-state index contributed by atoms with van der Waals surface area (Å²) in [7, 11) is 0. The monoisotopic (exact) mass is 265 g/mol. The smallest absolute Gasteiger partial charge is 0.320 e. The first kappa shape index (κ1) is 14.8. The summed E-state index contributed by atoms with van der Waals surface area (Å²) in [5.41, 5.74) is 5.47. The summed E-state index contributed by atoms with van der Waals surface area (Å²) in [5.74, 6) is -1.88. The molecule has 0 bridgehead atoms. The lowest BCUT2D eigenvalue weighted by molar-refractivity contribution is -0.139. The molecule has 1 rings (SSSR count). The Labute approximate surface area is 110 Å². The topological polar surface area (TPSA) is 109 Å². The molecule has 1 amide bonds. The number of hydrogen-bond acceptors (Lipinski definition) is 4. The minimum absolute atomic E-state index is 0.0382. The van der Waals surface area contributed by atoms with Crippen LogP contribution in [0.4, 0.5) is 0 Å². The molecule has 0 spiro atoms. The van der Waals surface area contributed by atoms with Crippen molar-refractivity contribution in [2.45, 2.75) is 18.9 Å². The zero-order valence-corrected chi connectivity index (χ0v) is 10.3. The van der Waals surface area contributed by atoms with E-state index in [1.807, 2.05) is 0 Å². The Kier molecular flexibility index (Phi) is 5.69. The molecule has 0 saturated heterocycles. The molecule has 4 N–H and O–H groups in total. The molecule has 1 atom stereocenters. The Balaban J connectivity index is 2.50. The van der Waals surface area contributed by atoms with E-state index in [-0.39, 0.29) is 25.2 Å². The Bertz CT molecular complexity index is 459. The van der Waals surface area contributed by atoms with Crippen LogP contribution in [-0.4, -0.2) is 35.4 Å². The van der Waals surface area contributed by atoms with Gasteiger partial charge in [-0.3, -0.25) is 19.7 Å². The average molecular weight is 265 g/mol. The summed E-state index contributed by atoms with van der Waals surface area (Å²) in [6, 6.07) is 7.60. The van der Waals surface area contributed by atoms with Crippen LogP contribution in [0.15, 0.2) is 30.3 Å². The standard InChI is InChI=1S/C13H16N2O4/c14-12(17)7-6-10(13(18)19)15-8-11(16)9-4-2-1-3-5-9/h1-5,10,15H,6-8H2,(H2,14,17)(H,18,19)/i15+1. The number of benzene rings is 1. The van der Waals surface area contributed by atoms with Gasteiger partial charge in [-0.25, -0.2) is 0 Å². The van der Waals surface area contributed by atoms with Crippen molar-refractivity contribution >= 4 is 17.7 Å². The summed E-state index contributed by atoms with van der Waals surface area (Å²) in [4.78, 5) is 33.3. The van der Waals surface area contributed by atoms with Crippen molar-refractivity contribution < 1.29 is 19.5 Å². The van der Waals surface area contributed by atoms with Crippen LogP contribution in [0.5, 0.6) is 0 Å². The second-order valence-electron chi connectivity index (χ2n) is 4.07. The molecular formula is C13H16N2O4. The van der Waals surface area contributed by atoms with Gasteiger partial charge >= 0.3 is 5.97 Å². The summed E-state index contributed by atoms with van der Waals surface area (Å²) in [6.07, 6.45) is 0.0240. The van der Waals surface area contributed by atoms with E-state index in [4.69, 9.17) is 10.8 Å². The van der Waals surface area contributed by atoms with Crippen molar-refractivity contribution in [2.24, 2.45) is 5.73 Å². The number of amides is 1. The number of aliphatic carboxylic acids is 1. The number of carbonyl (C=O) groups excluding carboxylic acids is 2. The zero-order valence-electron chi connectivity index (χ0n) is 10.3. The number of carboxylic acids is 1.